The van der Waals surface area contributed by atoms with E-state index in [4.69, 9.17) is 0 Å². The van der Waals surface area contributed by atoms with Crippen molar-refractivity contribution in [1.29, 1.82) is 0 Å². The Balaban J connectivity index is 3.00. The van der Waals surface area contributed by atoms with E-state index in [2.05, 4.69) is 4.18 Å². The van der Waals surface area contributed by atoms with Gasteiger partial charge in [0.25, 0.3) is 12.4 Å². The molecule has 1 rings (SSSR count). The molecule has 0 aromatic heterocycles. The average Bonchev–Trinajstić information content (AvgIpc) is 1.97. The molecule has 0 saturated carbocycles. The first-order chi connectivity index (χ1) is 5.25. The zero-order valence-electron chi connectivity index (χ0n) is 5.18. The molecule has 1 aromatic rings. The van der Waals surface area contributed by atoms with Gasteiger partial charge in [0.05, 0.1) is 0 Å². The van der Waals surface area contributed by atoms with Gasteiger partial charge >= 0.3 is 0 Å². The summed E-state index contributed by atoms with van der Waals surface area (Å²) in [6, 6.07) is 3.13. The summed E-state index contributed by atoms with van der Waals surface area (Å²) in [6.45, 7) is 0. The van der Waals surface area contributed by atoms with Crippen LogP contribution in [0.4, 0.5) is 12.7 Å². The van der Waals surface area contributed by atoms with Gasteiger partial charge in [0, 0.05) is 0 Å². The molecule has 0 radical (unpaired) electrons. The van der Waals surface area contributed by atoms with Crippen molar-refractivity contribution < 1.29 is 16.8 Å². The fraction of sp³-hybridized carbons (Fsp3) is 0. The topological polar surface area (TPSA) is 9.23 Å². The summed E-state index contributed by atoms with van der Waals surface area (Å²) in [4.78, 5) is 0. The minimum atomic E-state index is -0.921. The quantitative estimate of drug-likeness (QED) is 0.647. The molecule has 0 bridgehead atoms. The largest absolute Gasteiger partial charge is 0.391 e. The highest BCUT2D eigenvalue weighted by atomic mass is 32.2. The molecule has 0 unspecified atom stereocenters. The lowest BCUT2D eigenvalue weighted by Gasteiger charge is -1.99. The first-order valence-corrected chi connectivity index (χ1v) is 3.29. The first kappa shape index (κ1) is 8.26. The highest BCUT2D eigenvalue weighted by molar-refractivity contribution is 7.89. The normalized spacial score (nSPS) is 9.73. The van der Waals surface area contributed by atoms with Crippen LogP contribution < -0.4 is 4.18 Å². The molecule has 1 nitrogen and oxygen atoms in total. The summed E-state index contributed by atoms with van der Waals surface area (Å²) >= 11 is -0.597. The van der Waals surface area contributed by atoms with E-state index in [1.165, 1.54) is 6.07 Å². The van der Waals surface area contributed by atoms with Crippen LogP contribution in [-0.2, 0) is 0 Å². The Morgan fingerprint density at radius 2 is 1.73 bits per heavy atom. The molecule has 0 heterocycles. The predicted molar refractivity (Wildman–Crippen MR) is 35.7 cm³/mol. The molecule has 0 atom stereocenters. The molecule has 60 valence electrons. The maximum absolute atomic E-state index is 12.5. The highest BCUT2D eigenvalue weighted by Gasteiger charge is 2.09. The van der Waals surface area contributed by atoms with Gasteiger partial charge in [0.2, 0.25) is 5.75 Å². The van der Waals surface area contributed by atoms with Crippen molar-refractivity contribution in [3.63, 3.8) is 0 Å². The molecule has 0 fully saturated rings. The van der Waals surface area contributed by atoms with Gasteiger partial charge in [-0.15, -0.1) is 3.89 Å². The smallest absolute Gasteiger partial charge is 0.272 e. The van der Waals surface area contributed by atoms with Crippen LogP contribution >= 0.6 is 12.4 Å². The molecule has 1 aromatic carbocycles. The minimum absolute atomic E-state index is 0.597. The number of rotatable bonds is 2. The standard InChI is InChI=1S/C6H3F3OS/c7-4-2-1-3-5(8)6(4)10-11-9/h1-3H. The van der Waals surface area contributed by atoms with E-state index < -0.39 is 29.8 Å². The van der Waals surface area contributed by atoms with E-state index in [0.29, 0.717) is 0 Å². The third-order valence-corrected chi connectivity index (χ3v) is 1.26. The fourth-order valence-corrected chi connectivity index (χ4v) is 0.816. The van der Waals surface area contributed by atoms with Crippen molar-refractivity contribution in [2.45, 2.75) is 0 Å². The summed E-state index contributed by atoms with van der Waals surface area (Å²) in [6.07, 6.45) is 0. The van der Waals surface area contributed by atoms with Crippen molar-refractivity contribution >= 4 is 12.4 Å². The van der Waals surface area contributed by atoms with E-state index in [1.54, 1.807) is 0 Å². The average molecular weight is 180 g/mol. The molecule has 0 saturated heterocycles. The second kappa shape index (κ2) is 3.52. The van der Waals surface area contributed by atoms with Gasteiger partial charge in [-0.3, -0.25) is 0 Å². The Bertz CT molecular complexity index is 233. The van der Waals surface area contributed by atoms with Crippen molar-refractivity contribution in [2.24, 2.45) is 0 Å². The number of para-hydroxylation sites is 1. The van der Waals surface area contributed by atoms with Crippen LogP contribution in [0.5, 0.6) is 5.75 Å². The number of halogens is 3. The SMILES string of the molecule is FSOc1c(F)cccc1F. The Labute approximate surface area is 65.7 Å². The fourth-order valence-electron chi connectivity index (χ4n) is 0.594. The second-order valence-electron chi connectivity index (χ2n) is 1.70. The predicted octanol–water partition coefficient (Wildman–Crippen LogP) is 2.88. The van der Waals surface area contributed by atoms with Gasteiger partial charge in [-0.25, -0.2) is 8.78 Å². The molecule has 0 aliphatic carbocycles. The minimum Gasteiger partial charge on any atom is -0.391 e. The maximum Gasteiger partial charge on any atom is 0.272 e. The van der Waals surface area contributed by atoms with Crippen molar-refractivity contribution in [3.8, 4) is 5.75 Å². The molecule has 0 aliphatic heterocycles. The lowest BCUT2D eigenvalue weighted by Crippen LogP contribution is -1.87. The van der Waals surface area contributed by atoms with Crippen LogP contribution in [-0.4, -0.2) is 0 Å². The maximum atomic E-state index is 12.5. The third kappa shape index (κ3) is 1.80. The molecular weight excluding hydrogens is 177 g/mol. The van der Waals surface area contributed by atoms with Crippen molar-refractivity contribution in [1.82, 2.24) is 0 Å². The van der Waals surface area contributed by atoms with Gasteiger partial charge in [0.15, 0.2) is 11.6 Å². The molecule has 11 heavy (non-hydrogen) atoms. The Hall–Kier alpha value is -0.840. The van der Waals surface area contributed by atoms with Crippen LogP contribution in [0.3, 0.4) is 0 Å². The second-order valence-corrected chi connectivity index (χ2v) is 1.99. The lowest BCUT2D eigenvalue weighted by molar-refractivity contribution is 0.479. The van der Waals surface area contributed by atoms with E-state index >= 15 is 0 Å². The molecule has 0 aliphatic rings. The summed E-state index contributed by atoms with van der Waals surface area (Å²) in [5, 5.41) is 0. The summed E-state index contributed by atoms with van der Waals surface area (Å²) < 4.78 is 40.4. The number of hydrogen-bond donors (Lipinski definition) is 0. The number of benzene rings is 1. The molecule has 0 N–H and O–H groups in total. The van der Waals surface area contributed by atoms with E-state index in [1.807, 2.05) is 0 Å². The van der Waals surface area contributed by atoms with Gasteiger partial charge in [-0.1, -0.05) is 6.07 Å². The highest BCUT2D eigenvalue weighted by Crippen LogP contribution is 2.24. The molecule has 0 spiro atoms. The van der Waals surface area contributed by atoms with Crippen LogP contribution in [0, 0.1) is 11.6 Å². The zero-order valence-corrected chi connectivity index (χ0v) is 6.00. The molecular formula is C6H3F3OS. The van der Waals surface area contributed by atoms with Gasteiger partial charge < -0.3 is 4.18 Å². The van der Waals surface area contributed by atoms with E-state index in [9.17, 15) is 12.7 Å². The van der Waals surface area contributed by atoms with Crippen LogP contribution in [0.25, 0.3) is 0 Å². The third-order valence-electron chi connectivity index (χ3n) is 1.03. The Morgan fingerprint density at radius 1 is 1.18 bits per heavy atom. The summed E-state index contributed by atoms with van der Waals surface area (Å²) in [5.74, 6) is -2.55. The molecule has 5 heteroatoms. The van der Waals surface area contributed by atoms with Crippen molar-refractivity contribution in [2.75, 3.05) is 0 Å². The number of hydrogen-bond acceptors (Lipinski definition) is 2. The van der Waals surface area contributed by atoms with Crippen LogP contribution in [0.2, 0.25) is 0 Å². The van der Waals surface area contributed by atoms with E-state index in [-0.39, 0.29) is 0 Å². The van der Waals surface area contributed by atoms with Gasteiger partial charge in [-0.2, -0.15) is 0 Å². The van der Waals surface area contributed by atoms with Crippen molar-refractivity contribution in [3.05, 3.63) is 29.8 Å². The van der Waals surface area contributed by atoms with Crippen LogP contribution in [0.1, 0.15) is 0 Å². The van der Waals surface area contributed by atoms with Crippen LogP contribution in [0.15, 0.2) is 18.2 Å². The zero-order chi connectivity index (χ0) is 8.27. The monoisotopic (exact) mass is 180 g/mol. The van der Waals surface area contributed by atoms with Gasteiger partial charge in [0.1, 0.15) is 0 Å². The van der Waals surface area contributed by atoms with Gasteiger partial charge in [-0.05, 0) is 12.1 Å². The Morgan fingerprint density at radius 3 is 2.18 bits per heavy atom. The summed E-state index contributed by atoms with van der Waals surface area (Å²) in [7, 11) is 0. The summed E-state index contributed by atoms with van der Waals surface area (Å²) in [5.41, 5.74) is 0. The lowest BCUT2D eigenvalue weighted by atomic mass is 10.3. The Kier molecular flexibility index (Phi) is 2.64. The van der Waals surface area contributed by atoms with E-state index in [0.717, 1.165) is 12.1 Å². The first-order valence-electron chi connectivity index (χ1n) is 2.65. The molecule has 0 amide bonds.